The average Bonchev–Trinajstić information content (AvgIpc) is 3.57. The van der Waals surface area contributed by atoms with Gasteiger partial charge < -0.3 is 15.4 Å². The van der Waals surface area contributed by atoms with Crippen LogP contribution in [0.3, 0.4) is 0 Å². The summed E-state index contributed by atoms with van der Waals surface area (Å²) >= 11 is 0. The number of carbonyl (C=O) groups excluding carboxylic acids is 1. The maximum atomic E-state index is 14.0. The van der Waals surface area contributed by atoms with Gasteiger partial charge in [0.2, 0.25) is 0 Å². The lowest BCUT2D eigenvalue weighted by Crippen LogP contribution is -2.22. The van der Waals surface area contributed by atoms with Crippen molar-refractivity contribution >= 4 is 5.91 Å². The minimum atomic E-state index is -0.230. The molecule has 2 atom stereocenters. The number of halogens is 1. The Bertz CT molecular complexity index is 1010. The first-order chi connectivity index (χ1) is 14.6. The first-order valence-electron chi connectivity index (χ1n) is 10.1. The molecule has 3 aromatic rings. The van der Waals surface area contributed by atoms with E-state index in [1.807, 2.05) is 54.6 Å². The predicted molar refractivity (Wildman–Crippen MR) is 115 cm³/mol. The van der Waals surface area contributed by atoms with Crippen molar-refractivity contribution in [2.45, 2.75) is 31.5 Å². The van der Waals surface area contributed by atoms with Gasteiger partial charge in [0.05, 0.1) is 7.11 Å². The second-order valence-corrected chi connectivity index (χ2v) is 7.58. The van der Waals surface area contributed by atoms with E-state index in [0.29, 0.717) is 41.9 Å². The summed E-state index contributed by atoms with van der Waals surface area (Å²) in [6.45, 7) is 0.973. The lowest BCUT2D eigenvalue weighted by atomic mass is 10.1. The lowest BCUT2D eigenvalue weighted by molar-refractivity contribution is 0.0951. The molecule has 1 aliphatic carbocycles. The quantitative estimate of drug-likeness (QED) is 0.585. The van der Waals surface area contributed by atoms with Gasteiger partial charge in [-0.1, -0.05) is 42.5 Å². The van der Waals surface area contributed by atoms with Gasteiger partial charge in [-0.2, -0.15) is 0 Å². The first-order valence-corrected chi connectivity index (χ1v) is 10.1. The summed E-state index contributed by atoms with van der Waals surface area (Å²) < 4.78 is 19.1. The number of hydrogen-bond donors (Lipinski definition) is 2. The van der Waals surface area contributed by atoms with E-state index in [9.17, 15) is 9.18 Å². The molecule has 0 bridgehead atoms. The molecule has 1 fully saturated rings. The summed E-state index contributed by atoms with van der Waals surface area (Å²) in [5.41, 5.74) is 3.52. The van der Waals surface area contributed by atoms with E-state index in [1.165, 1.54) is 11.6 Å². The van der Waals surface area contributed by atoms with Gasteiger partial charge in [-0.3, -0.25) is 4.79 Å². The Hall–Kier alpha value is -3.18. The Morgan fingerprint density at radius 1 is 1.03 bits per heavy atom. The van der Waals surface area contributed by atoms with Crippen LogP contribution in [0.15, 0.2) is 72.8 Å². The number of nitrogens with one attached hydrogen (secondary N) is 2. The standard InChI is InChI=1S/C25H25FN2O2/c1-30-21-11-12-23(26)20(13-21)16-27-24-14-22(24)18-7-9-19(10-8-18)25(29)28-15-17-5-3-2-4-6-17/h2-13,22,24,27H,14-16H2,1H3,(H,28,29). The number of carbonyl (C=O) groups is 1. The number of ether oxygens (including phenoxy) is 1. The smallest absolute Gasteiger partial charge is 0.251 e. The van der Waals surface area contributed by atoms with Crippen molar-refractivity contribution in [2.24, 2.45) is 0 Å². The largest absolute Gasteiger partial charge is 0.497 e. The maximum absolute atomic E-state index is 14.0. The minimum Gasteiger partial charge on any atom is -0.497 e. The zero-order valence-electron chi connectivity index (χ0n) is 16.9. The summed E-state index contributed by atoms with van der Waals surface area (Å²) in [5, 5.41) is 6.36. The molecule has 3 aromatic carbocycles. The highest BCUT2D eigenvalue weighted by molar-refractivity contribution is 5.94. The van der Waals surface area contributed by atoms with E-state index in [2.05, 4.69) is 10.6 Å². The highest BCUT2D eigenvalue weighted by atomic mass is 19.1. The molecular weight excluding hydrogens is 379 g/mol. The summed E-state index contributed by atoms with van der Waals surface area (Å²) in [6, 6.07) is 22.7. The van der Waals surface area contributed by atoms with Crippen molar-refractivity contribution in [1.29, 1.82) is 0 Å². The molecule has 5 heteroatoms. The fourth-order valence-corrected chi connectivity index (χ4v) is 3.61. The van der Waals surface area contributed by atoms with Crippen LogP contribution in [-0.2, 0) is 13.1 Å². The van der Waals surface area contributed by atoms with Crippen molar-refractivity contribution in [3.05, 3.63) is 101 Å². The molecule has 0 radical (unpaired) electrons. The third-order valence-electron chi connectivity index (χ3n) is 5.49. The molecule has 154 valence electrons. The molecule has 2 N–H and O–H groups in total. The van der Waals surface area contributed by atoms with Crippen molar-refractivity contribution in [1.82, 2.24) is 10.6 Å². The van der Waals surface area contributed by atoms with Crippen LogP contribution in [0.5, 0.6) is 5.75 Å². The fraction of sp³-hybridized carbons (Fsp3) is 0.240. The van der Waals surface area contributed by atoms with Gasteiger partial charge in [0.15, 0.2) is 0 Å². The fourth-order valence-electron chi connectivity index (χ4n) is 3.61. The highest BCUT2D eigenvalue weighted by Gasteiger charge is 2.37. The van der Waals surface area contributed by atoms with E-state index >= 15 is 0 Å². The van der Waals surface area contributed by atoms with Gasteiger partial charge in [0.1, 0.15) is 11.6 Å². The Morgan fingerprint density at radius 2 is 1.80 bits per heavy atom. The zero-order valence-corrected chi connectivity index (χ0v) is 16.9. The summed E-state index contributed by atoms with van der Waals surface area (Å²) in [5.74, 6) is 0.734. The van der Waals surface area contributed by atoms with E-state index in [4.69, 9.17) is 4.74 Å². The van der Waals surface area contributed by atoms with Gasteiger partial charge in [-0.15, -0.1) is 0 Å². The molecule has 30 heavy (non-hydrogen) atoms. The predicted octanol–water partition coefficient (Wildman–Crippen LogP) is 4.41. The normalized spacial score (nSPS) is 17.4. The molecular formula is C25H25FN2O2. The maximum Gasteiger partial charge on any atom is 0.251 e. The number of rotatable bonds is 8. The SMILES string of the molecule is COc1ccc(F)c(CNC2CC2c2ccc(C(=O)NCc3ccccc3)cc2)c1. The van der Waals surface area contributed by atoms with Gasteiger partial charge >= 0.3 is 0 Å². The van der Waals surface area contributed by atoms with Crippen LogP contribution >= 0.6 is 0 Å². The Morgan fingerprint density at radius 3 is 2.53 bits per heavy atom. The van der Waals surface area contributed by atoms with Crippen molar-refractivity contribution in [2.75, 3.05) is 7.11 Å². The summed E-state index contributed by atoms with van der Waals surface area (Å²) in [4.78, 5) is 12.4. The van der Waals surface area contributed by atoms with Gasteiger partial charge in [0, 0.05) is 36.2 Å². The van der Waals surface area contributed by atoms with Crippen molar-refractivity contribution in [3.63, 3.8) is 0 Å². The molecule has 0 aliphatic heterocycles. The van der Waals surface area contributed by atoms with Crippen LogP contribution in [0.1, 0.15) is 39.4 Å². The molecule has 0 saturated heterocycles. The number of amides is 1. The van der Waals surface area contributed by atoms with Crippen LogP contribution in [-0.4, -0.2) is 19.1 Å². The lowest BCUT2D eigenvalue weighted by Gasteiger charge is -2.09. The third-order valence-corrected chi connectivity index (χ3v) is 5.49. The topological polar surface area (TPSA) is 50.4 Å². The van der Waals surface area contributed by atoms with E-state index < -0.39 is 0 Å². The molecule has 0 heterocycles. The van der Waals surface area contributed by atoms with Crippen molar-refractivity contribution < 1.29 is 13.9 Å². The average molecular weight is 404 g/mol. The van der Waals surface area contributed by atoms with Gasteiger partial charge in [-0.05, 0) is 47.9 Å². The molecule has 1 aliphatic rings. The van der Waals surface area contributed by atoms with Crippen LogP contribution in [0, 0.1) is 5.82 Å². The van der Waals surface area contributed by atoms with Crippen LogP contribution in [0.2, 0.25) is 0 Å². The molecule has 2 unspecified atom stereocenters. The molecule has 1 saturated carbocycles. The van der Waals surface area contributed by atoms with Gasteiger partial charge in [0.25, 0.3) is 5.91 Å². The Labute approximate surface area is 176 Å². The van der Waals surface area contributed by atoms with E-state index in [-0.39, 0.29) is 11.7 Å². The molecule has 1 amide bonds. The molecule has 4 nitrogen and oxygen atoms in total. The number of methoxy groups -OCH3 is 1. The van der Waals surface area contributed by atoms with Crippen LogP contribution < -0.4 is 15.4 Å². The van der Waals surface area contributed by atoms with Crippen LogP contribution in [0.25, 0.3) is 0 Å². The second kappa shape index (κ2) is 9.09. The first kappa shape index (κ1) is 20.1. The molecule has 4 rings (SSSR count). The van der Waals surface area contributed by atoms with E-state index in [0.717, 1.165) is 12.0 Å². The molecule has 0 spiro atoms. The Balaban J connectivity index is 1.28. The Kier molecular flexibility index (Phi) is 6.10. The molecule has 0 aromatic heterocycles. The second-order valence-electron chi connectivity index (χ2n) is 7.58. The van der Waals surface area contributed by atoms with E-state index in [1.54, 1.807) is 19.2 Å². The number of hydrogen-bond acceptors (Lipinski definition) is 3. The summed E-state index contributed by atoms with van der Waals surface area (Å²) in [7, 11) is 1.58. The van der Waals surface area contributed by atoms with Gasteiger partial charge in [-0.25, -0.2) is 4.39 Å². The minimum absolute atomic E-state index is 0.0793. The monoisotopic (exact) mass is 404 g/mol. The third kappa shape index (κ3) is 4.86. The zero-order chi connectivity index (χ0) is 20.9. The number of benzene rings is 3. The highest BCUT2D eigenvalue weighted by Crippen LogP contribution is 2.41. The van der Waals surface area contributed by atoms with Crippen LogP contribution in [0.4, 0.5) is 4.39 Å². The summed E-state index contributed by atoms with van der Waals surface area (Å²) in [6.07, 6.45) is 1.01. The van der Waals surface area contributed by atoms with Crippen molar-refractivity contribution in [3.8, 4) is 5.75 Å².